The predicted octanol–water partition coefficient (Wildman–Crippen LogP) is 5.19. The molecule has 22 heavy (non-hydrogen) atoms. The Morgan fingerprint density at radius 2 is 2.09 bits per heavy atom. The second-order valence-corrected chi connectivity index (χ2v) is 6.46. The molecule has 0 aliphatic rings. The molecule has 0 spiro atoms. The molecule has 0 amide bonds. The highest BCUT2D eigenvalue weighted by Gasteiger charge is 2.12. The SMILES string of the molecule is CCCOc1ccccc1Nc1nc(Cl)nc2sc(C)cc12. The van der Waals surface area contributed by atoms with Crippen molar-refractivity contribution >= 4 is 44.7 Å². The van der Waals surface area contributed by atoms with Crippen LogP contribution in [0.5, 0.6) is 5.75 Å². The molecule has 0 unspecified atom stereocenters. The Balaban J connectivity index is 2.00. The van der Waals surface area contributed by atoms with Crippen LogP contribution in [0.25, 0.3) is 10.2 Å². The fourth-order valence-corrected chi connectivity index (χ4v) is 3.25. The van der Waals surface area contributed by atoms with E-state index in [-0.39, 0.29) is 5.28 Å². The van der Waals surface area contributed by atoms with E-state index in [9.17, 15) is 0 Å². The zero-order chi connectivity index (χ0) is 15.5. The van der Waals surface area contributed by atoms with E-state index in [2.05, 4.69) is 28.3 Å². The molecule has 0 atom stereocenters. The van der Waals surface area contributed by atoms with Crippen LogP contribution in [0.2, 0.25) is 5.28 Å². The third-order valence-electron chi connectivity index (χ3n) is 3.09. The number of aromatic nitrogens is 2. The Morgan fingerprint density at radius 3 is 2.91 bits per heavy atom. The van der Waals surface area contributed by atoms with Crippen LogP contribution in [0, 0.1) is 6.92 Å². The van der Waals surface area contributed by atoms with Gasteiger partial charge in [-0.2, -0.15) is 4.98 Å². The van der Waals surface area contributed by atoms with Crippen molar-refractivity contribution in [2.24, 2.45) is 0 Å². The second kappa shape index (κ2) is 6.50. The topological polar surface area (TPSA) is 47.0 Å². The summed E-state index contributed by atoms with van der Waals surface area (Å²) in [6.07, 6.45) is 0.960. The van der Waals surface area contributed by atoms with Crippen molar-refractivity contribution in [2.45, 2.75) is 20.3 Å². The number of rotatable bonds is 5. The van der Waals surface area contributed by atoms with Gasteiger partial charge >= 0.3 is 0 Å². The number of aryl methyl sites for hydroxylation is 1. The molecule has 0 bridgehead atoms. The summed E-state index contributed by atoms with van der Waals surface area (Å²) in [7, 11) is 0. The first-order chi connectivity index (χ1) is 10.7. The fraction of sp³-hybridized carbons (Fsp3) is 0.250. The summed E-state index contributed by atoms with van der Waals surface area (Å²) in [5.74, 6) is 1.51. The van der Waals surface area contributed by atoms with E-state index in [1.54, 1.807) is 11.3 Å². The van der Waals surface area contributed by atoms with E-state index < -0.39 is 0 Å². The van der Waals surface area contributed by atoms with E-state index in [1.165, 1.54) is 4.88 Å². The van der Waals surface area contributed by atoms with Crippen molar-refractivity contribution in [3.05, 3.63) is 40.5 Å². The second-order valence-electron chi connectivity index (χ2n) is 4.89. The van der Waals surface area contributed by atoms with Crippen molar-refractivity contribution in [1.29, 1.82) is 0 Å². The van der Waals surface area contributed by atoms with Crippen molar-refractivity contribution < 1.29 is 4.74 Å². The van der Waals surface area contributed by atoms with E-state index in [0.29, 0.717) is 12.4 Å². The average Bonchev–Trinajstić information content (AvgIpc) is 2.86. The van der Waals surface area contributed by atoms with Gasteiger partial charge in [0.05, 0.1) is 17.7 Å². The maximum atomic E-state index is 6.04. The van der Waals surface area contributed by atoms with Crippen LogP contribution in [0.4, 0.5) is 11.5 Å². The average molecular weight is 334 g/mol. The van der Waals surface area contributed by atoms with Crippen LogP contribution in [-0.2, 0) is 0 Å². The standard InChI is InChI=1S/C16H16ClN3OS/c1-3-8-21-13-7-5-4-6-12(13)18-14-11-9-10(2)22-15(11)20-16(17)19-14/h4-7,9H,3,8H2,1-2H3,(H,18,19,20). The molecule has 3 rings (SSSR count). The molecule has 0 aliphatic carbocycles. The van der Waals surface area contributed by atoms with E-state index in [0.717, 1.165) is 28.1 Å². The maximum absolute atomic E-state index is 6.04. The summed E-state index contributed by atoms with van der Waals surface area (Å²) in [6, 6.07) is 9.88. The normalized spacial score (nSPS) is 10.9. The van der Waals surface area contributed by atoms with Gasteiger partial charge in [-0.3, -0.25) is 0 Å². The summed E-state index contributed by atoms with van der Waals surface area (Å²) in [5.41, 5.74) is 0.871. The smallest absolute Gasteiger partial charge is 0.225 e. The number of halogens is 1. The molecule has 1 N–H and O–H groups in total. The predicted molar refractivity (Wildman–Crippen MR) is 92.7 cm³/mol. The molecule has 6 heteroatoms. The first-order valence-electron chi connectivity index (χ1n) is 7.10. The van der Waals surface area contributed by atoms with Gasteiger partial charge in [-0.15, -0.1) is 11.3 Å². The minimum Gasteiger partial charge on any atom is -0.491 e. The monoisotopic (exact) mass is 333 g/mol. The molecule has 0 fully saturated rings. The Hall–Kier alpha value is -1.85. The minimum absolute atomic E-state index is 0.240. The van der Waals surface area contributed by atoms with Crippen LogP contribution >= 0.6 is 22.9 Å². The molecule has 0 saturated carbocycles. The zero-order valence-electron chi connectivity index (χ0n) is 12.4. The number of nitrogens with one attached hydrogen (secondary N) is 1. The molecule has 2 aromatic heterocycles. The maximum Gasteiger partial charge on any atom is 0.225 e. The number of nitrogens with zero attached hydrogens (tertiary/aromatic N) is 2. The molecular weight excluding hydrogens is 318 g/mol. The summed E-state index contributed by atoms with van der Waals surface area (Å²) in [5, 5.41) is 4.53. The molecule has 0 saturated heterocycles. The largest absolute Gasteiger partial charge is 0.491 e. The third-order valence-corrected chi connectivity index (χ3v) is 4.20. The highest BCUT2D eigenvalue weighted by molar-refractivity contribution is 7.18. The molecule has 0 radical (unpaired) electrons. The highest BCUT2D eigenvalue weighted by Crippen LogP contribution is 2.33. The van der Waals surface area contributed by atoms with Gasteiger partial charge in [-0.1, -0.05) is 19.1 Å². The zero-order valence-corrected chi connectivity index (χ0v) is 14.0. The molecule has 4 nitrogen and oxygen atoms in total. The molecule has 0 aliphatic heterocycles. The molecular formula is C16H16ClN3OS. The van der Waals surface area contributed by atoms with Gasteiger partial charge in [0.15, 0.2) is 0 Å². The number of hydrogen-bond donors (Lipinski definition) is 1. The Morgan fingerprint density at radius 1 is 1.27 bits per heavy atom. The van der Waals surface area contributed by atoms with Crippen molar-refractivity contribution in [1.82, 2.24) is 9.97 Å². The minimum atomic E-state index is 0.240. The number of benzene rings is 1. The summed E-state index contributed by atoms with van der Waals surface area (Å²) < 4.78 is 5.77. The van der Waals surface area contributed by atoms with Crippen LogP contribution in [0.15, 0.2) is 30.3 Å². The lowest BCUT2D eigenvalue weighted by Crippen LogP contribution is -2.01. The van der Waals surface area contributed by atoms with Crippen molar-refractivity contribution in [3.63, 3.8) is 0 Å². The Labute approximate surface area is 138 Å². The van der Waals surface area contributed by atoms with E-state index >= 15 is 0 Å². The molecule has 3 aromatic rings. The molecule has 2 heterocycles. The van der Waals surface area contributed by atoms with Crippen LogP contribution in [-0.4, -0.2) is 16.6 Å². The first kappa shape index (κ1) is 15.1. The fourth-order valence-electron chi connectivity index (χ4n) is 2.15. The first-order valence-corrected chi connectivity index (χ1v) is 8.29. The number of hydrogen-bond acceptors (Lipinski definition) is 5. The van der Waals surface area contributed by atoms with Crippen LogP contribution in [0.1, 0.15) is 18.2 Å². The Kier molecular flexibility index (Phi) is 4.45. The van der Waals surface area contributed by atoms with Gasteiger partial charge in [0.25, 0.3) is 0 Å². The lowest BCUT2D eigenvalue weighted by Gasteiger charge is -2.12. The molecule has 1 aromatic carbocycles. The van der Waals surface area contributed by atoms with Gasteiger partial charge in [0.2, 0.25) is 5.28 Å². The highest BCUT2D eigenvalue weighted by atomic mass is 35.5. The number of thiophene rings is 1. The van der Waals surface area contributed by atoms with Gasteiger partial charge in [-0.05, 0) is 43.1 Å². The summed E-state index contributed by atoms with van der Waals surface area (Å²) in [6.45, 7) is 4.80. The number of para-hydroxylation sites is 2. The summed E-state index contributed by atoms with van der Waals surface area (Å²) in [4.78, 5) is 10.7. The lowest BCUT2D eigenvalue weighted by molar-refractivity contribution is 0.319. The van der Waals surface area contributed by atoms with Gasteiger partial charge in [-0.25, -0.2) is 4.98 Å². The van der Waals surface area contributed by atoms with E-state index in [1.807, 2.05) is 31.2 Å². The quantitative estimate of drug-likeness (QED) is 0.653. The number of ether oxygens (including phenoxy) is 1. The summed E-state index contributed by atoms with van der Waals surface area (Å²) >= 11 is 7.64. The van der Waals surface area contributed by atoms with Gasteiger partial charge in [0, 0.05) is 4.88 Å². The molecule has 114 valence electrons. The Bertz CT molecular complexity index is 803. The third kappa shape index (κ3) is 3.15. The van der Waals surface area contributed by atoms with Crippen LogP contribution < -0.4 is 10.1 Å². The van der Waals surface area contributed by atoms with Gasteiger partial charge < -0.3 is 10.1 Å². The number of fused-ring (bicyclic) bond motifs is 1. The van der Waals surface area contributed by atoms with Crippen molar-refractivity contribution in [2.75, 3.05) is 11.9 Å². The van der Waals surface area contributed by atoms with Gasteiger partial charge in [0.1, 0.15) is 16.4 Å². The van der Waals surface area contributed by atoms with E-state index in [4.69, 9.17) is 16.3 Å². The van der Waals surface area contributed by atoms with Crippen molar-refractivity contribution in [3.8, 4) is 5.75 Å². The number of anilines is 2. The lowest BCUT2D eigenvalue weighted by atomic mass is 10.2. The van der Waals surface area contributed by atoms with Crippen LogP contribution in [0.3, 0.4) is 0 Å².